The molecule has 8 nitrogen and oxygen atoms in total. The van der Waals surface area contributed by atoms with Gasteiger partial charge < -0.3 is 24.6 Å². The summed E-state index contributed by atoms with van der Waals surface area (Å²) < 4.78 is 5.66. The summed E-state index contributed by atoms with van der Waals surface area (Å²) in [6.07, 6.45) is -0.295. The molecule has 0 bridgehead atoms. The quantitative estimate of drug-likeness (QED) is 0.638. The number of hydrogen-bond donors (Lipinski definition) is 3. The van der Waals surface area contributed by atoms with Gasteiger partial charge in [0.25, 0.3) is 5.56 Å². The van der Waals surface area contributed by atoms with E-state index >= 15 is 0 Å². The normalized spacial score (nSPS) is 11.8. The van der Waals surface area contributed by atoms with Crippen molar-refractivity contribution in [3.8, 4) is 11.5 Å². The van der Waals surface area contributed by atoms with Crippen LogP contribution in [0.25, 0.3) is 0 Å². The molecule has 1 atom stereocenters. The smallest absolute Gasteiger partial charge is 0.323 e. The van der Waals surface area contributed by atoms with Crippen LogP contribution < -0.4 is 5.56 Å². The Labute approximate surface area is 159 Å². The van der Waals surface area contributed by atoms with E-state index in [9.17, 15) is 24.6 Å². The Bertz CT molecular complexity index is 951. The lowest BCUT2D eigenvalue weighted by atomic mass is 9.88. The molecule has 0 fully saturated rings. The molecule has 1 aromatic heterocycles. The van der Waals surface area contributed by atoms with Crippen molar-refractivity contribution < 1.29 is 29.6 Å². The first-order valence-corrected chi connectivity index (χ1v) is 8.23. The number of aromatic nitrogens is 1. The lowest BCUT2D eigenvalue weighted by Crippen LogP contribution is -2.30. The highest BCUT2D eigenvalue weighted by Gasteiger charge is 2.27. The van der Waals surface area contributed by atoms with Crippen molar-refractivity contribution in [1.82, 2.24) is 4.57 Å². The number of benzene rings is 1. The second kappa shape index (κ2) is 8.13. The molecule has 0 saturated heterocycles. The van der Waals surface area contributed by atoms with Gasteiger partial charge in [0, 0.05) is 11.6 Å². The second-order valence-corrected chi connectivity index (χ2v) is 6.32. The Morgan fingerprint density at radius 2 is 1.89 bits per heavy atom. The summed E-state index contributed by atoms with van der Waals surface area (Å²) in [5, 5.41) is 29.0. The van der Waals surface area contributed by atoms with Crippen LogP contribution in [0, 0.1) is 6.92 Å². The number of phenolic OH excluding ortho intramolecular Hbond substituents is 1. The number of aliphatic carboxylic acids is 1. The molecule has 2 rings (SSSR count). The van der Waals surface area contributed by atoms with E-state index in [-0.39, 0.29) is 34.2 Å². The molecule has 1 aromatic carbocycles. The van der Waals surface area contributed by atoms with Gasteiger partial charge in [-0.05, 0) is 30.7 Å². The zero-order valence-electron chi connectivity index (χ0n) is 14.6. The monoisotopic (exact) mass is 395 g/mol. The molecule has 0 aliphatic carbocycles. The predicted octanol–water partition coefficient (Wildman–Crippen LogP) is 2.00. The van der Waals surface area contributed by atoms with E-state index in [2.05, 4.69) is 4.74 Å². The van der Waals surface area contributed by atoms with Crippen molar-refractivity contribution in [2.75, 3.05) is 7.11 Å². The average molecular weight is 396 g/mol. The molecule has 0 saturated carbocycles. The van der Waals surface area contributed by atoms with Crippen molar-refractivity contribution in [3.63, 3.8) is 0 Å². The first kappa shape index (κ1) is 20.3. The van der Waals surface area contributed by atoms with Crippen molar-refractivity contribution in [2.24, 2.45) is 0 Å². The summed E-state index contributed by atoms with van der Waals surface area (Å²) >= 11 is 5.93. The topological polar surface area (TPSA) is 126 Å². The van der Waals surface area contributed by atoms with Gasteiger partial charge in [-0.1, -0.05) is 17.7 Å². The molecule has 27 heavy (non-hydrogen) atoms. The lowest BCUT2D eigenvalue weighted by molar-refractivity contribution is -0.141. The largest absolute Gasteiger partial charge is 0.507 e. The van der Waals surface area contributed by atoms with E-state index in [1.165, 1.54) is 38.3 Å². The van der Waals surface area contributed by atoms with E-state index in [0.29, 0.717) is 5.56 Å². The third-order valence-corrected chi connectivity index (χ3v) is 4.44. The van der Waals surface area contributed by atoms with Crippen molar-refractivity contribution in [1.29, 1.82) is 0 Å². The zero-order valence-corrected chi connectivity index (χ0v) is 15.4. The summed E-state index contributed by atoms with van der Waals surface area (Å²) in [5.41, 5.74) is -0.271. The van der Waals surface area contributed by atoms with Crippen LogP contribution in [0.4, 0.5) is 0 Å². The minimum Gasteiger partial charge on any atom is -0.507 e. The molecule has 0 radical (unpaired) electrons. The Morgan fingerprint density at radius 3 is 2.44 bits per heavy atom. The fraction of sp³-hybridized carbons (Fsp3) is 0.278. The maximum absolute atomic E-state index is 12.9. The Balaban J connectivity index is 2.71. The number of carboxylic acid groups (broad SMARTS) is 1. The summed E-state index contributed by atoms with van der Waals surface area (Å²) in [4.78, 5) is 35.8. The number of hydrogen-bond acceptors (Lipinski definition) is 6. The van der Waals surface area contributed by atoms with Crippen LogP contribution in [0.15, 0.2) is 29.1 Å². The van der Waals surface area contributed by atoms with E-state index in [0.717, 1.165) is 4.57 Å². The van der Waals surface area contributed by atoms with E-state index in [1.807, 2.05) is 0 Å². The molecular weight excluding hydrogens is 378 g/mol. The maximum atomic E-state index is 12.9. The Kier molecular flexibility index (Phi) is 6.12. The van der Waals surface area contributed by atoms with Crippen molar-refractivity contribution in [2.45, 2.75) is 25.8 Å². The van der Waals surface area contributed by atoms with Crippen LogP contribution in [0.3, 0.4) is 0 Å². The maximum Gasteiger partial charge on any atom is 0.323 e. The fourth-order valence-corrected chi connectivity index (χ4v) is 2.99. The highest BCUT2D eigenvalue weighted by Crippen LogP contribution is 2.35. The second-order valence-electron chi connectivity index (χ2n) is 5.91. The number of pyridine rings is 1. The van der Waals surface area contributed by atoms with Crippen LogP contribution in [-0.4, -0.2) is 38.9 Å². The summed E-state index contributed by atoms with van der Waals surface area (Å²) in [5.74, 6) is -3.39. The number of halogens is 1. The van der Waals surface area contributed by atoms with Gasteiger partial charge in [-0.15, -0.1) is 0 Å². The van der Waals surface area contributed by atoms with Gasteiger partial charge in [-0.25, -0.2) is 0 Å². The van der Waals surface area contributed by atoms with Gasteiger partial charge in [0.2, 0.25) is 0 Å². The van der Waals surface area contributed by atoms with Gasteiger partial charge >= 0.3 is 11.9 Å². The standard InChI is InChI=1S/C18H18ClNO7/c1-9-5-14(22)17(18(26)20(9)8-15(23)24)11(7-16(25)27-2)10-3-4-13(21)12(19)6-10/h3-6,11,21-22H,7-8H2,1-2H3,(H,23,24). The van der Waals surface area contributed by atoms with Crippen molar-refractivity contribution in [3.05, 3.63) is 56.5 Å². The van der Waals surface area contributed by atoms with Crippen LogP contribution in [0.1, 0.15) is 29.2 Å². The molecule has 1 unspecified atom stereocenters. The molecule has 0 aliphatic rings. The minimum atomic E-state index is -1.23. The van der Waals surface area contributed by atoms with Gasteiger partial charge in [-0.3, -0.25) is 14.4 Å². The highest BCUT2D eigenvalue weighted by molar-refractivity contribution is 6.32. The van der Waals surface area contributed by atoms with E-state index < -0.39 is 30.0 Å². The summed E-state index contributed by atoms with van der Waals surface area (Å²) in [6, 6.07) is 5.37. The average Bonchev–Trinajstić information content (AvgIpc) is 2.59. The molecular formula is C18H18ClNO7. The van der Waals surface area contributed by atoms with Crippen LogP contribution in [0.5, 0.6) is 11.5 Å². The summed E-state index contributed by atoms with van der Waals surface area (Å²) in [7, 11) is 1.18. The third-order valence-electron chi connectivity index (χ3n) is 4.14. The van der Waals surface area contributed by atoms with Gasteiger partial charge in [0.1, 0.15) is 18.0 Å². The predicted molar refractivity (Wildman–Crippen MR) is 96.3 cm³/mol. The number of aromatic hydroxyl groups is 2. The lowest BCUT2D eigenvalue weighted by Gasteiger charge is -2.20. The molecule has 0 amide bonds. The molecule has 3 N–H and O–H groups in total. The van der Waals surface area contributed by atoms with Crippen molar-refractivity contribution >= 4 is 23.5 Å². The number of esters is 1. The Morgan fingerprint density at radius 1 is 1.22 bits per heavy atom. The number of methoxy groups -OCH3 is 1. The number of phenols is 1. The first-order chi connectivity index (χ1) is 12.6. The summed E-state index contributed by atoms with van der Waals surface area (Å²) in [6.45, 7) is 0.889. The molecule has 1 heterocycles. The fourth-order valence-electron chi connectivity index (χ4n) is 2.80. The number of carbonyl (C=O) groups excluding carboxylic acids is 1. The third kappa shape index (κ3) is 4.40. The molecule has 2 aromatic rings. The molecule has 0 aliphatic heterocycles. The molecule has 0 spiro atoms. The molecule has 144 valence electrons. The molecule has 9 heteroatoms. The van der Waals surface area contributed by atoms with Gasteiger partial charge in [-0.2, -0.15) is 0 Å². The van der Waals surface area contributed by atoms with Crippen LogP contribution in [-0.2, 0) is 20.9 Å². The Hall–Kier alpha value is -3.00. The number of carboxylic acids is 1. The number of nitrogens with zero attached hydrogens (tertiary/aromatic N) is 1. The first-order valence-electron chi connectivity index (χ1n) is 7.86. The van der Waals surface area contributed by atoms with Gasteiger partial charge in [0.15, 0.2) is 0 Å². The highest BCUT2D eigenvalue weighted by atomic mass is 35.5. The van der Waals surface area contributed by atoms with Crippen LogP contribution in [0.2, 0.25) is 5.02 Å². The van der Waals surface area contributed by atoms with Gasteiger partial charge in [0.05, 0.1) is 24.1 Å². The van der Waals surface area contributed by atoms with E-state index in [1.54, 1.807) is 0 Å². The minimum absolute atomic E-state index is 0.000159. The number of aryl methyl sites for hydroxylation is 1. The number of rotatable bonds is 6. The zero-order chi connectivity index (χ0) is 20.3. The SMILES string of the molecule is COC(=O)CC(c1ccc(O)c(Cl)c1)c1c(O)cc(C)n(CC(=O)O)c1=O. The number of carbonyl (C=O) groups is 2. The van der Waals surface area contributed by atoms with E-state index in [4.69, 9.17) is 16.7 Å². The number of ether oxygens (including phenoxy) is 1. The van der Waals surface area contributed by atoms with Crippen LogP contribution >= 0.6 is 11.6 Å².